The van der Waals surface area contributed by atoms with Gasteiger partial charge in [-0.25, -0.2) is 9.59 Å². The van der Waals surface area contributed by atoms with Crippen molar-refractivity contribution in [2.24, 2.45) is 11.8 Å². The Hall–Kier alpha value is -6.07. The highest BCUT2D eigenvalue weighted by Gasteiger charge is 2.68. The standard InChI is InChI=1S/C40H42N4O12/c1-20-24-15-14-23(36(50)43-39(53)56-18-22-12-8-5-9-13-22)16-25(24)31(45)27-26(20)32(46)29-30(44(2)3)33(47)28(35(49)40(29,54)34(27)48)37(51)41-19-42-38(52)55-17-21-10-6-4-7-11-21/h4-16,20,26,29-30,32,36,45-46,49-50,54H,17-19H2,1-3H3,(H,41,51)(H,42,52)(H,43,53). The number of alkyl carbamates (subject to hydrolysis) is 2. The van der Waals surface area contributed by atoms with Gasteiger partial charge in [0.15, 0.2) is 17.6 Å². The third-order valence-electron chi connectivity index (χ3n) is 10.5. The summed E-state index contributed by atoms with van der Waals surface area (Å²) in [5.41, 5.74) is -2.55. The molecule has 3 aromatic carbocycles. The highest BCUT2D eigenvalue weighted by molar-refractivity contribution is 6.25. The Balaban J connectivity index is 1.26. The average molecular weight is 771 g/mol. The third kappa shape index (κ3) is 7.22. The van der Waals surface area contributed by atoms with Crippen LogP contribution in [0.3, 0.4) is 0 Å². The molecule has 7 unspecified atom stereocenters. The molecule has 3 aromatic rings. The van der Waals surface area contributed by atoms with Crippen LogP contribution in [0.2, 0.25) is 0 Å². The maximum Gasteiger partial charge on any atom is 0.409 e. The summed E-state index contributed by atoms with van der Waals surface area (Å²) in [5.74, 6) is -9.14. The summed E-state index contributed by atoms with van der Waals surface area (Å²) in [6.45, 7) is 0.963. The van der Waals surface area contributed by atoms with Gasteiger partial charge in [0.2, 0.25) is 5.78 Å². The minimum absolute atomic E-state index is 0.0325. The topological polar surface area (TPSA) is 244 Å². The van der Waals surface area contributed by atoms with Gasteiger partial charge in [0, 0.05) is 22.6 Å². The first kappa shape index (κ1) is 39.6. The summed E-state index contributed by atoms with van der Waals surface area (Å²) in [5, 5.41) is 65.0. The first-order chi connectivity index (χ1) is 26.7. The lowest BCUT2D eigenvalue weighted by Gasteiger charge is -2.53. The number of ketones is 2. The van der Waals surface area contributed by atoms with Crippen LogP contribution < -0.4 is 16.0 Å². The van der Waals surface area contributed by atoms with Crippen LogP contribution in [0, 0.1) is 11.8 Å². The fourth-order valence-corrected chi connectivity index (χ4v) is 7.74. The van der Waals surface area contributed by atoms with Gasteiger partial charge in [-0.1, -0.05) is 79.7 Å². The molecule has 6 rings (SSSR count). The minimum atomic E-state index is -3.07. The number of fused-ring (bicyclic) bond motifs is 3. The van der Waals surface area contributed by atoms with Crippen molar-refractivity contribution in [3.05, 3.63) is 124 Å². The van der Waals surface area contributed by atoms with Gasteiger partial charge in [0.05, 0.1) is 24.7 Å². The molecule has 0 bridgehead atoms. The highest BCUT2D eigenvalue weighted by atomic mass is 16.6. The van der Waals surface area contributed by atoms with Crippen molar-refractivity contribution >= 4 is 35.4 Å². The number of ether oxygens (including phenoxy) is 2. The molecule has 1 saturated carbocycles. The van der Waals surface area contributed by atoms with Gasteiger partial charge in [-0.2, -0.15) is 0 Å². The van der Waals surface area contributed by atoms with E-state index in [-0.39, 0.29) is 24.3 Å². The van der Waals surface area contributed by atoms with Crippen LogP contribution in [0.1, 0.15) is 46.9 Å². The second-order valence-electron chi connectivity index (χ2n) is 14.1. The summed E-state index contributed by atoms with van der Waals surface area (Å²) in [4.78, 5) is 67.8. The fraction of sp³-hybridized carbons (Fsp3) is 0.325. The Morgan fingerprint density at radius 3 is 2.05 bits per heavy atom. The number of hydrogen-bond donors (Lipinski definition) is 8. The van der Waals surface area contributed by atoms with Gasteiger partial charge in [0.25, 0.3) is 5.91 Å². The van der Waals surface area contributed by atoms with Crippen LogP contribution in [0.4, 0.5) is 9.59 Å². The lowest BCUT2D eigenvalue weighted by molar-refractivity contribution is -0.169. The molecule has 3 aliphatic rings. The molecule has 0 heterocycles. The molecule has 3 amide bonds. The smallest absolute Gasteiger partial charge is 0.409 e. The van der Waals surface area contributed by atoms with Gasteiger partial charge >= 0.3 is 12.2 Å². The van der Waals surface area contributed by atoms with Crippen LogP contribution >= 0.6 is 0 Å². The summed E-state index contributed by atoms with van der Waals surface area (Å²) >= 11 is 0. The fourth-order valence-electron chi connectivity index (χ4n) is 7.74. The van der Waals surface area contributed by atoms with E-state index in [0.717, 1.165) is 5.56 Å². The molecule has 1 fully saturated rings. The number of aliphatic hydroxyl groups is 5. The van der Waals surface area contributed by atoms with Crippen LogP contribution in [-0.4, -0.2) is 98.6 Å². The van der Waals surface area contributed by atoms with Gasteiger partial charge < -0.3 is 45.6 Å². The molecule has 0 aliphatic heterocycles. The van der Waals surface area contributed by atoms with Crippen molar-refractivity contribution < 1.29 is 59.0 Å². The normalized spacial score (nSPS) is 24.7. The Labute approximate surface area is 321 Å². The largest absolute Gasteiger partial charge is 0.508 e. The Morgan fingerprint density at radius 2 is 1.46 bits per heavy atom. The molecule has 16 nitrogen and oxygen atoms in total. The van der Waals surface area contributed by atoms with E-state index in [2.05, 4.69) is 16.0 Å². The number of hydrogen-bond acceptors (Lipinski definition) is 13. The predicted molar refractivity (Wildman–Crippen MR) is 197 cm³/mol. The lowest BCUT2D eigenvalue weighted by atomic mass is 9.54. The van der Waals surface area contributed by atoms with E-state index in [1.807, 2.05) is 0 Å². The number of nitrogens with zero attached hydrogens (tertiary/aromatic N) is 1. The van der Waals surface area contributed by atoms with E-state index in [4.69, 9.17) is 9.47 Å². The number of carbonyl (C=O) groups is 5. The molecular formula is C40H42N4O12. The van der Waals surface area contributed by atoms with E-state index in [1.165, 1.54) is 31.1 Å². The Morgan fingerprint density at radius 1 is 0.875 bits per heavy atom. The number of aliphatic hydroxyl groups excluding tert-OH is 4. The van der Waals surface area contributed by atoms with Crippen LogP contribution in [-0.2, 0) is 37.1 Å². The van der Waals surface area contributed by atoms with E-state index < -0.39 is 101 Å². The van der Waals surface area contributed by atoms with Gasteiger partial charge in [-0.15, -0.1) is 0 Å². The number of carbonyl (C=O) groups excluding carboxylic acids is 5. The van der Waals surface area contributed by atoms with Gasteiger partial charge in [-0.05, 0) is 42.8 Å². The third-order valence-corrected chi connectivity index (χ3v) is 10.5. The number of likely N-dealkylation sites (N-methyl/N-ethyl adjacent to an activating group) is 1. The molecule has 3 aliphatic carbocycles. The molecule has 0 aromatic heterocycles. The second-order valence-corrected chi connectivity index (χ2v) is 14.1. The molecule has 294 valence electrons. The zero-order valence-electron chi connectivity index (χ0n) is 30.6. The summed E-state index contributed by atoms with van der Waals surface area (Å²) in [6.07, 6.45) is -5.19. The van der Waals surface area contributed by atoms with Crippen molar-refractivity contribution in [1.82, 2.24) is 20.9 Å². The van der Waals surface area contributed by atoms with Crippen LogP contribution in [0.25, 0.3) is 5.76 Å². The maximum absolute atomic E-state index is 14.5. The van der Waals surface area contributed by atoms with E-state index in [1.54, 1.807) is 73.7 Å². The lowest BCUT2D eigenvalue weighted by Crippen LogP contribution is -2.70. The number of nitrogens with one attached hydrogen (secondary N) is 3. The number of benzene rings is 3. The first-order valence-corrected chi connectivity index (χ1v) is 17.7. The second kappa shape index (κ2) is 16.0. The van der Waals surface area contributed by atoms with E-state index in [0.29, 0.717) is 11.1 Å². The highest BCUT2D eigenvalue weighted by Crippen LogP contribution is 2.55. The summed E-state index contributed by atoms with van der Waals surface area (Å²) in [7, 11) is 2.87. The van der Waals surface area contributed by atoms with Gasteiger partial charge in [0.1, 0.15) is 30.3 Å². The quantitative estimate of drug-likeness (QED) is 0.109. The van der Waals surface area contributed by atoms with Crippen molar-refractivity contribution in [1.29, 1.82) is 0 Å². The van der Waals surface area contributed by atoms with Crippen molar-refractivity contribution in [3.8, 4) is 0 Å². The summed E-state index contributed by atoms with van der Waals surface area (Å²) in [6, 6.07) is 20.5. The number of Topliss-reactive ketones (excluding diaryl/α,β-unsaturated/α-hetero) is 2. The Kier molecular flexibility index (Phi) is 11.3. The van der Waals surface area contributed by atoms with Crippen LogP contribution in [0.15, 0.2) is 95.8 Å². The molecule has 16 heteroatoms. The van der Waals surface area contributed by atoms with Crippen LogP contribution in [0.5, 0.6) is 0 Å². The minimum Gasteiger partial charge on any atom is -0.508 e. The molecule has 8 N–H and O–H groups in total. The van der Waals surface area contributed by atoms with Crippen molar-refractivity contribution in [2.45, 2.75) is 50.0 Å². The van der Waals surface area contributed by atoms with E-state index in [9.17, 15) is 49.5 Å². The number of rotatable bonds is 10. The molecule has 0 saturated heterocycles. The molecule has 7 atom stereocenters. The van der Waals surface area contributed by atoms with Crippen molar-refractivity contribution in [3.63, 3.8) is 0 Å². The molecule has 56 heavy (non-hydrogen) atoms. The average Bonchev–Trinajstić information content (AvgIpc) is 3.18. The molecule has 0 spiro atoms. The zero-order valence-corrected chi connectivity index (χ0v) is 30.6. The summed E-state index contributed by atoms with van der Waals surface area (Å²) < 4.78 is 10.3. The SMILES string of the molecule is CC1c2ccc(C(O)NC(=O)OCc3ccccc3)cc2C(O)=C2C(=O)C3(O)C(O)=C(C(=O)NCNC(=O)OCc4ccccc4)C(=O)C(N(C)C)C3C(O)C21. The van der Waals surface area contributed by atoms with E-state index >= 15 is 0 Å². The molecular weight excluding hydrogens is 728 g/mol. The van der Waals surface area contributed by atoms with Crippen molar-refractivity contribution in [2.75, 3.05) is 20.8 Å². The predicted octanol–water partition coefficient (Wildman–Crippen LogP) is 2.22. The number of amides is 3. The first-order valence-electron chi connectivity index (χ1n) is 17.7. The Bertz CT molecular complexity index is 2100. The monoisotopic (exact) mass is 770 g/mol. The van der Waals surface area contributed by atoms with Gasteiger partial charge in [-0.3, -0.25) is 24.6 Å². The maximum atomic E-state index is 14.5. The zero-order chi connectivity index (χ0) is 40.5. The molecule has 0 radical (unpaired) electrons.